The highest BCUT2D eigenvalue weighted by Crippen LogP contribution is 2.59. The maximum Gasteiger partial charge on any atom is 0.241 e. The van der Waals surface area contributed by atoms with Gasteiger partial charge in [-0.05, 0) is 37.3 Å². The van der Waals surface area contributed by atoms with Crippen molar-refractivity contribution in [3.8, 4) is 0 Å². The van der Waals surface area contributed by atoms with E-state index in [-0.39, 0.29) is 11.8 Å². The van der Waals surface area contributed by atoms with E-state index >= 15 is 0 Å². The van der Waals surface area contributed by atoms with Crippen molar-refractivity contribution in [3.05, 3.63) is 41.4 Å². The number of hydrogen-bond acceptors (Lipinski definition) is 5. The van der Waals surface area contributed by atoms with Crippen LogP contribution in [0.2, 0.25) is 5.02 Å². The first-order valence-corrected chi connectivity index (χ1v) is 8.61. The summed E-state index contributed by atoms with van der Waals surface area (Å²) in [7, 11) is 0. The van der Waals surface area contributed by atoms with Crippen molar-refractivity contribution in [1.82, 2.24) is 0 Å². The smallest absolute Gasteiger partial charge is 0.241 e. The van der Waals surface area contributed by atoms with Crippen molar-refractivity contribution in [2.75, 3.05) is 18.1 Å². The average Bonchev–Trinajstić information content (AvgIpc) is 3.31. The van der Waals surface area contributed by atoms with Gasteiger partial charge in [0.05, 0.1) is 36.3 Å². The zero-order valence-corrected chi connectivity index (χ0v) is 14.2. The number of nitrogens with zero attached hydrogens (tertiary/aromatic N) is 1. The van der Waals surface area contributed by atoms with E-state index in [0.717, 1.165) is 0 Å². The molecule has 25 heavy (non-hydrogen) atoms. The highest BCUT2D eigenvalue weighted by Gasteiger charge is 2.75. The van der Waals surface area contributed by atoms with E-state index in [9.17, 15) is 9.59 Å². The van der Waals surface area contributed by atoms with Crippen LogP contribution in [0.4, 0.5) is 5.69 Å². The first-order chi connectivity index (χ1) is 12.0. The third kappa shape index (κ3) is 1.85. The summed E-state index contributed by atoms with van der Waals surface area (Å²) in [6.45, 7) is 2.73. The van der Waals surface area contributed by atoms with Crippen LogP contribution in [-0.4, -0.2) is 42.5 Å². The molecule has 130 valence electrons. The molecular formula is C18H16ClNO5. The Morgan fingerprint density at radius 1 is 1.04 bits per heavy atom. The molecule has 0 spiro atoms. The number of rotatable bonds is 2. The number of imide groups is 1. The first-order valence-electron chi connectivity index (χ1n) is 8.23. The minimum absolute atomic E-state index is 0.260. The van der Waals surface area contributed by atoms with Crippen LogP contribution in [0.3, 0.4) is 0 Å². The van der Waals surface area contributed by atoms with E-state index < -0.39 is 29.3 Å². The lowest BCUT2D eigenvalue weighted by Gasteiger charge is -2.32. The summed E-state index contributed by atoms with van der Waals surface area (Å²) in [5.41, 5.74) is -1.38. The number of carbonyl (C=O) groups excluding carboxylic acids is 2. The van der Waals surface area contributed by atoms with Crippen molar-refractivity contribution in [2.24, 2.45) is 11.8 Å². The summed E-state index contributed by atoms with van der Waals surface area (Å²) < 4.78 is 17.5. The molecule has 4 aliphatic heterocycles. The number of hydrogen-bond donors (Lipinski definition) is 0. The topological polar surface area (TPSA) is 65.1 Å². The number of anilines is 1. The SMILES string of the molecule is C[C@@]12C=C[C@@](C3OCCO3)(O1)[C@H]1C(=O)N(c3ccc(Cl)cc3)C(=O)[C@@H]12. The van der Waals surface area contributed by atoms with Crippen LogP contribution >= 0.6 is 11.6 Å². The quantitative estimate of drug-likeness (QED) is 0.595. The van der Waals surface area contributed by atoms with Crippen LogP contribution in [-0.2, 0) is 23.8 Å². The first kappa shape index (κ1) is 15.5. The molecule has 0 aliphatic carbocycles. The Labute approximate surface area is 149 Å². The zero-order chi connectivity index (χ0) is 17.4. The molecule has 7 heteroatoms. The van der Waals surface area contributed by atoms with Gasteiger partial charge >= 0.3 is 0 Å². The van der Waals surface area contributed by atoms with Gasteiger partial charge in [0, 0.05) is 5.02 Å². The minimum Gasteiger partial charge on any atom is -0.354 e. The molecule has 4 aliphatic rings. The molecule has 1 aromatic carbocycles. The maximum atomic E-state index is 13.2. The zero-order valence-electron chi connectivity index (χ0n) is 13.5. The summed E-state index contributed by atoms with van der Waals surface area (Å²) in [4.78, 5) is 27.6. The highest BCUT2D eigenvalue weighted by atomic mass is 35.5. The van der Waals surface area contributed by atoms with Crippen molar-refractivity contribution in [3.63, 3.8) is 0 Å². The lowest BCUT2D eigenvalue weighted by atomic mass is 9.72. The van der Waals surface area contributed by atoms with Crippen LogP contribution in [0, 0.1) is 11.8 Å². The largest absolute Gasteiger partial charge is 0.354 e. The van der Waals surface area contributed by atoms with Crippen molar-refractivity contribution >= 4 is 29.1 Å². The van der Waals surface area contributed by atoms with Crippen LogP contribution in [0.25, 0.3) is 0 Å². The number of ether oxygens (including phenoxy) is 3. The summed E-state index contributed by atoms with van der Waals surface area (Å²) in [5.74, 6) is -1.80. The van der Waals surface area contributed by atoms with Crippen molar-refractivity contribution < 1.29 is 23.8 Å². The van der Waals surface area contributed by atoms with E-state index in [4.69, 9.17) is 25.8 Å². The van der Waals surface area contributed by atoms with Gasteiger partial charge in [0.1, 0.15) is 0 Å². The Hall–Kier alpha value is -1.73. The molecule has 4 heterocycles. The molecule has 0 aromatic heterocycles. The van der Waals surface area contributed by atoms with Gasteiger partial charge in [-0.3, -0.25) is 9.59 Å². The fraction of sp³-hybridized carbons (Fsp3) is 0.444. The molecule has 0 saturated carbocycles. The van der Waals surface area contributed by atoms with Crippen LogP contribution in [0.15, 0.2) is 36.4 Å². The number of amides is 2. The minimum atomic E-state index is -1.05. The number of carbonyl (C=O) groups is 2. The van der Waals surface area contributed by atoms with Gasteiger partial charge in [0.15, 0.2) is 11.9 Å². The van der Waals surface area contributed by atoms with Crippen LogP contribution in [0.1, 0.15) is 6.92 Å². The number of halogens is 1. The second-order valence-electron chi connectivity index (χ2n) is 6.99. The normalized spacial score (nSPS) is 39.7. The Balaban J connectivity index is 1.59. The van der Waals surface area contributed by atoms with Crippen LogP contribution in [0.5, 0.6) is 0 Å². The Morgan fingerprint density at radius 2 is 1.68 bits per heavy atom. The molecule has 0 radical (unpaired) electrons. The molecule has 6 nitrogen and oxygen atoms in total. The number of benzene rings is 1. The van der Waals surface area contributed by atoms with Gasteiger partial charge in [-0.15, -0.1) is 0 Å². The molecule has 0 N–H and O–H groups in total. The Bertz CT molecular complexity index is 802. The van der Waals surface area contributed by atoms with Gasteiger partial charge in [0.2, 0.25) is 11.8 Å². The van der Waals surface area contributed by atoms with E-state index in [1.54, 1.807) is 24.3 Å². The Kier molecular flexibility index (Phi) is 3.05. The van der Waals surface area contributed by atoms with E-state index in [1.807, 2.05) is 19.1 Å². The maximum absolute atomic E-state index is 13.2. The monoisotopic (exact) mass is 361 g/mol. The standard InChI is InChI=1S/C18H16ClNO5/c1-17-6-7-18(25-17,16-23-8-9-24-16)13-12(17)14(21)20(15(13)22)11-4-2-10(19)3-5-11/h2-7,12-13,16H,8-9H2,1H3/t12-,13-,17+,18-/m1/s1. The molecule has 2 amide bonds. The molecule has 2 bridgehead atoms. The fourth-order valence-corrected chi connectivity index (χ4v) is 4.64. The van der Waals surface area contributed by atoms with Crippen molar-refractivity contribution in [1.29, 1.82) is 0 Å². The summed E-state index contributed by atoms with van der Waals surface area (Å²) in [6, 6.07) is 6.67. The van der Waals surface area contributed by atoms with Gasteiger partial charge in [-0.2, -0.15) is 0 Å². The summed E-state index contributed by atoms with van der Waals surface area (Å²) in [6.07, 6.45) is 3.01. The second-order valence-corrected chi connectivity index (χ2v) is 7.43. The third-order valence-electron chi connectivity index (χ3n) is 5.56. The molecular weight excluding hydrogens is 346 g/mol. The predicted octanol–water partition coefficient (Wildman–Crippen LogP) is 1.92. The highest BCUT2D eigenvalue weighted by molar-refractivity contribution is 6.31. The van der Waals surface area contributed by atoms with Gasteiger partial charge in [0.25, 0.3) is 0 Å². The van der Waals surface area contributed by atoms with Gasteiger partial charge in [-0.25, -0.2) is 4.90 Å². The number of fused-ring (bicyclic) bond motifs is 5. The molecule has 5 rings (SSSR count). The van der Waals surface area contributed by atoms with E-state index in [0.29, 0.717) is 23.9 Å². The van der Waals surface area contributed by atoms with Crippen molar-refractivity contribution in [2.45, 2.75) is 24.4 Å². The van der Waals surface area contributed by atoms with E-state index in [2.05, 4.69) is 0 Å². The molecule has 0 unspecified atom stereocenters. The molecule has 3 fully saturated rings. The average molecular weight is 362 g/mol. The third-order valence-corrected chi connectivity index (χ3v) is 5.81. The lowest BCUT2D eigenvalue weighted by molar-refractivity contribution is -0.190. The molecule has 4 atom stereocenters. The summed E-state index contributed by atoms with van der Waals surface area (Å²) >= 11 is 5.92. The van der Waals surface area contributed by atoms with Gasteiger partial charge < -0.3 is 14.2 Å². The molecule has 3 saturated heterocycles. The predicted molar refractivity (Wildman–Crippen MR) is 88.0 cm³/mol. The van der Waals surface area contributed by atoms with E-state index in [1.165, 1.54) is 4.90 Å². The molecule has 1 aromatic rings. The van der Waals surface area contributed by atoms with Gasteiger partial charge in [-0.1, -0.05) is 17.7 Å². The van der Waals surface area contributed by atoms with Crippen LogP contribution < -0.4 is 4.90 Å². The second kappa shape index (κ2) is 4.92. The Morgan fingerprint density at radius 3 is 2.36 bits per heavy atom. The lowest BCUT2D eigenvalue weighted by Crippen LogP contribution is -2.49. The fourth-order valence-electron chi connectivity index (χ4n) is 4.52. The summed E-state index contributed by atoms with van der Waals surface area (Å²) in [5, 5.41) is 0.546.